The standard InChI is InChI=1S/C15H14N2O3/c16-11-6-5-9(7-13(11)18)15(19)17-12-8-20-14-4-2-1-3-10(12)14/h1-7,12,18H,8,16H2,(H,17,19). The smallest absolute Gasteiger partial charge is 0.252 e. The summed E-state index contributed by atoms with van der Waals surface area (Å²) in [5.41, 5.74) is 7.08. The molecule has 0 bridgehead atoms. The molecule has 0 fully saturated rings. The lowest BCUT2D eigenvalue weighted by molar-refractivity contribution is 0.0930. The van der Waals surface area contributed by atoms with E-state index in [0.29, 0.717) is 12.2 Å². The topological polar surface area (TPSA) is 84.6 Å². The molecule has 0 aliphatic carbocycles. The van der Waals surface area contributed by atoms with Crippen molar-refractivity contribution in [3.05, 3.63) is 53.6 Å². The number of phenols is 1. The van der Waals surface area contributed by atoms with Crippen LogP contribution in [0, 0.1) is 0 Å². The molecule has 5 heteroatoms. The van der Waals surface area contributed by atoms with Crippen molar-refractivity contribution in [2.45, 2.75) is 6.04 Å². The number of amides is 1. The van der Waals surface area contributed by atoms with Gasteiger partial charge in [-0.25, -0.2) is 0 Å². The second kappa shape index (κ2) is 4.77. The molecule has 1 amide bonds. The van der Waals surface area contributed by atoms with Gasteiger partial charge in [-0.1, -0.05) is 18.2 Å². The Morgan fingerprint density at radius 1 is 1.30 bits per heavy atom. The van der Waals surface area contributed by atoms with E-state index < -0.39 is 0 Å². The molecule has 0 saturated heterocycles. The highest BCUT2D eigenvalue weighted by molar-refractivity contribution is 5.95. The number of anilines is 1. The van der Waals surface area contributed by atoms with E-state index in [1.807, 2.05) is 24.3 Å². The summed E-state index contributed by atoms with van der Waals surface area (Å²) < 4.78 is 5.51. The lowest BCUT2D eigenvalue weighted by atomic mass is 10.1. The van der Waals surface area contributed by atoms with E-state index >= 15 is 0 Å². The molecule has 0 saturated carbocycles. The molecule has 0 radical (unpaired) electrons. The van der Waals surface area contributed by atoms with Crippen LogP contribution in [0.25, 0.3) is 0 Å². The molecule has 1 unspecified atom stereocenters. The first-order valence-corrected chi connectivity index (χ1v) is 6.26. The molecule has 0 aromatic heterocycles. The van der Waals surface area contributed by atoms with Gasteiger partial charge in [-0.2, -0.15) is 0 Å². The van der Waals surface area contributed by atoms with Crippen molar-refractivity contribution in [3.63, 3.8) is 0 Å². The Kier molecular flexibility index (Phi) is 2.95. The molecule has 1 heterocycles. The van der Waals surface area contributed by atoms with Gasteiger partial charge in [-0.3, -0.25) is 4.79 Å². The lowest BCUT2D eigenvalue weighted by Gasteiger charge is -2.12. The molecule has 5 nitrogen and oxygen atoms in total. The Morgan fingerprint density at radius 3 is 2.90 bits per heavy atom. The number of rotatable bonds is 2. The van der Waals surface area contributed by atoms with E-state index in [2.05, 4.69) is 5.32 Å². The summed E-state index contributed by atoms with van der Waals surface area (Å²) >= 11 is 0. The molecule has 0 spiro atoms. The minimum absolute atomic E-state index is 0.0966. The van der Waals surface area contributed by atoms with Gasteiger partial charge in [0.25, 0.3) is 5.91 Å². The van der Waals surface area contributed by atoms with Gasteiger partial charge in [-0.15, -0.1) is 0 Å². The van der Waals surface area contributed by atoms with Crippen molar-refractivity contribution in [3.8, 4) is 11.5 Å². The van der Waals surface area contributed by atoms with Crippen molar-refractivity contribution in [1.29, 1.82) is 0 Å². The molecule has 102 valence electrons. The summed E-state index contributed by atoms with van der Waals surface area (Å²) in [7, 11) is 0. The number of carbonyl (C=O) groups is 1. The average molecular weight is 270 g/mol. The van der Waals surface area contributed by atoms with Crippen LogP contribution in [0.1, 0.15) is 22.0 Å². The Balaban J connectivity index is 1.79. The predicted octanol–water partition coefficient (Wildman–Crippen LogP) is 1.84. The number of nitrogen functional groups attached to an aromatic ring is 1. The highest BCUT2D eigenvalue weighted by atomic mass is 16.5. The summed E-state index contributed by atoms with van der Waals surface area (Å²) in [4.78, 5) is 12.2. The fourth-order valence-corrected chi connectivity index (χ4v) is 2.21. The van der Waals surface area contributed by atoms with Crippen molar-refractivity contribution in [1.82, 2.24) is 5.32 Å². The maximum absolute atomic E-state index is 12.2. The van der Waals surface area contributed by atoms with Crippen LogP contribution in [-0.4, -0.2) is 17.6 Å². The lowest BCUT2D eigenvalue weighted by Crippen LogP contribution is -2.29. The largest absolute Gasteiger partial charge is 0.506 e. The number of nitrogens with two attached hydrogens (primary N) is 1. The molecule has 1 aliphatic heterocycles. The van der Waals surface area contributed by atoms with Gasteiger partial charge < -0.3 is 20.9 Å². The van der Waals surface area contributed by atoms with Crippen LogP contribution in [0.5, 0.6) is 11.5 Å². The minimum atomic E-state index is -0.273. The number of nitrogens with one attached hydrogen (secondary N) is 1. The van der Waals surface area contributed by atoms with Crippen LogP contribution in [0.2, 0.25) is 0 Å². The number of carbonyl (C=O) groups excluding carboxylic acids is 1. The Labute approximate surface area is 116 Å². The van der Waals surface area contributed by atoms with Gasteiger partial charge >= 0.3 is 0 Å². The maximum atomic E-state index is 12.2. The van der Waals surface area contributed by atoms with E-state index in [1.165, 1.54) is 12.1 Å². The van der Waals surface area contributed by atoms with Gasteiger partial charge in [0.1, 0.15) is 18.1 Å². The number of fused-ring (bicyclic) bond motifs is 1. The first kappa shape index (κ1) is 12.3. The number of aromatic hydroxyl groups is 1. The maximum Gasteiger partial charge on any atom is 0.252 e. The van der Waals surface area contributed by atoms with Crippen LogP contribution in [0.4, 0.5) is 5.69 Å². The van der Waals surface area contributed by atoms with E-state index in [1.54, 1.807) is 6.07 Å². The monoisotopic (exact) mass is 270 g/mol. The number of ether oxygens (including phenoxy) is 1. The molecule has 1 atom stereocenters. The number of phenolic OH excluding ortho intramolecular Hbond substituents is 1. The first-order chi connectivity index (χ1) is 9.65. The third kappa shape index (κ3) is 2.14. The zero-order valence-electron chi connectivity index (χ0n) is 10.7. The van der Waals surface area contributed by atoms with Crippen molar-refractivity contribution in [2.75, 3.05) is 12.3 Å². The highest BCUT2D eigenvalue weighted by Gasteiger charge is 2.25. The van der Waals surface area contributed by atoms with Crippen LogP contribution in [0.3, 0.4) is 0 Å². The molecule has 20 heavy (non-hydrogen) atoms. The minimum Gasteiger partial charge on any atom is -0.506 e. The van der Waals surface area contributed by atoms with E-state index in [9.17, 15) is 9.90 Å². The van der Waals surface area contributed by atoms with Crippen LogP contribution < -0.4 is 15.8 Å². The number of hydrogen-bond acceptors (Lipinski definition) is 4. The molecule has 3 rings (SSSR count). The molecular formula is C15H14N2O3. The normalized spacial score (nSPS) is 16.3. The van der Waals surface area contributed by atoms with E-state index in [-0.39, 0.29) is 23.4 Å². The van der Waals surface area contributed by atoms with Crippen molar-refractivity contribution < 1.29 is 14.6 Å². The van der Waals surface area contributed by atoms with Crippen molar-refractivity contribution in [2.24, 2.45) is 0 Å². The number of hydrogen-bond donors (Lipinski definition) is 3. The van der Waals surface area contributed by atoms with Crippen LogP contribution in [0.15, 0.2) is 42.5 Å². The first-order valence-electron chi connectivity index (χ1n) is 6.26. The summed E-state index contributed by atoms with van der Waals surface area (Å²) in [6.07, 6.45) is 0. The van der Waals surface area contributed by atoms with Gasteiger partial charge in [0.2, 0.25) is 0 Å². The molecule has 2 aromatic rings. The van der Waals surface area contributed by atoms with Gasteiger partial charge in [-0.05, 0) is 24.3 Å². The van der Waals surface area contributed by atoms with Gasteiger partial charge in [0.15, 0.2) is 0 Å². The summed E-state index contributed by atoms with van der Waals surface area (Å²) in [6, 6.07) is 11.8. The predicted molar refractivity (Wildman–Crippen MR) is 74.7 cm³/mol. The van der Waals surface area contributed by atoms with Crippen molar-refractivity contribution >= 4 is 11.6 Å². The SMILES string of the molecule is Nc1ccc(C(=O)NC2COc3ccccc32)cc1O. The summed E-state index contributed by atoms with van der Waals surface area (Å²) in [6.45, 7) is 0.409. The van der Waals surface area contributed by atoms with Crippen LogP contribution >= 0.6 is 0 Å². The van der Waals surface area contributed by atoms with Gasteiger partial charge in [0, 0.05) is 11.1 Å². The average Bonchev–Trinajstić information content (AvgIpc) is 2.85. The second-order valence-electron chi connectivity index (χ2n) is 4.65. The molecule has 4 N–H and O–H groups in total. The third-order valence-corrected chi connectivity index (χ3v) is 3.30. The quantitative estimate of drug-likeness (QED) is 0.574. The second-order valence-corrected chi connectivity index (χ2v) is 4.65. The Morgan fingerprint density at radius 2 is 2.10 bits per heavy atom. The van der Waals surface area contributed by atoms with Crippen LogP contribution in [-0.2, 0) is 0 Å². The summed E-state index contributed by atoms with van der Waals surface area (Å²) in [5.74, 6) is 0.421. The number of para-hydroxylation sites is 1. The zero-order valence-corrected chi connectivity index (χ0v) is 10.7. The summed E-state index contributed by atoms with van der Waals surface area (Å²) in [5, 5.41) is 12.4. The molecule has 2 aromatic carbocycles. The fourth-order valence-electron chi connectivity index (χ4n) is 2.21. The Bertz CT molecular complexity index is 670. The number of benzene rings is 2. The third-order valence-electron chi connectivity index (χ3n) is 3.30. The van der Waals surface area contributed by atoms with Gasteiger partial charge in [0.05, 0.1) is 11.7 Å². The Hall–Kier alpha value is -2.69. The van der Waals surface area contributed by atoms with E-state index in [0.717, 1.165) is 11.3 Å². The molecular weight excluding hydrogens is 256 g/mol. The zero-order chi connectivity index (χ0) is 14.1. The molecule has 1 aliphatic rings. The fraction of sp³-hybridized carbons (Fsp3) is 0.133. The van der Waals surface area contributed by atoms with E-state index in [4.69, 9.17) is 10.5 Å². The highest BCUT2D eigenvalue weighted by Crippen LogP contribution is 2.32.